The Morgan fingerprint density at radius 3 is 1.75 bits per heavy atom. The van der Waals surface area contributed by atoms with E-state index in [1.807, 2.05) is 14.1 Å². The highest BCUT2D eigenvalue weighted by Crippen LogP contribution is 2.10. The summed E-state index contributed by atoms with van der Waals surface area (Å²) in [6, 6.07) is 0. The van der Waals surface area contributed by atoms with Gasteiger partial charge in [0, 0.05) is 6.54 Å². The van der Waals surface area contributed by atoms with Gasteiger partial charge in [0.1, 0.15) is 0 Å². The second kappa shape index (κ2) is 16.8. The van der Waals surface area contributed by atoms with Crippen molar-refractivity contribution in [1.29, 1.82) is 0 Å². The van der Waals surface area contributed by atoms with Gasteiger partial charge in [-0.3, -0.25) is 4.79 Å². The van der Waals surface area contributed by atoms with E-state index in [9.17, 15) is 4.79 Å². The van der Waals surface area contributed by atoms with E-state index in [1.165, 1.54) is 62.7 Å². The zero-order chi connectivity index (χ0) is 14.3. The summed E-state index contributed by atoms with van der Waals surface area (Å²) >= 11 is 0. The third-order valence-corrected chi connectivity index (χ3v) is 3.37. The van der Waals surface area contributed by atoms with Gasteiger partial charge in [-0.1, -0.05) is 64.7 Å². The molecular weight excluding hydrogens is 272 g/mol. The molecule has 0 bridgehead atoms. The average Bonchev–Trinajstić information content (AvgIpc) is 2.35. The number of carbonyl (C=O) groups is 1. The molecule has 0 aromatic carbocycles. The minimum absolute atomic E-state index is 0. The molecule has 0 spiro atoms. The van der Waals surface area contributed by atoms with Gasteiger partial charge in [0.15, 0.2) is 6.54 Å². The molecule has 0 saturated carbocycles. The van der Waals surface area contributed by atoms with Crippen molar-refractivity contribution in [2.45, 2.75) is 71.1 Å². The van der Waals surface area contributed by atoms with Crippen molar-refractivity contribution < 1.29 is 22.1 Å². The maximum Gasteiger partial charge on any atom is 0.275 e. The van der Waals surface area contributed by atoms with Crippen LogP contribution in [0.5, 0.6) is 0 Å². The van der Waals surface area contributed by atoms with Crippen molar-refractivity contribution in [2.24, 2.45) is 0 Å². The highest BCUT2D eigenvalue weighted by atomic mass is 35.5. The molecule has 0 aliphatic carbocycles. The number of halogens is 1. The molecule has 0 aromatic heterocycles. The number of unbranched alkanes of at least 4 members (excludes halogenated alkanes) is 9. The zero-order valence-corrected chi connectivity index (χ0v) is 14.5. The normalized spacial score (nSPS) is 10.4. The van der Waals surface area contributed by atoms with E-state index >= 15 is 0 Å². The zero-order valence-electron chi connectivity index (χ0n) is 13.8. The number of carbonyl (C=O) groups excluding carboxylic acids is 1. The largest absolute Gasteiger partial charge is 1.00 e. The fourth-order valence-electron chi connectivity index (χ4n) is 2.22. The molecule has 0 fully saturated rings. The molecule has 4 heteroatoms. The van der Waals surface area contributed by atoms with Crippen LogP contribution in [0.3, 0.4) is 0 Å². The molecule has 0 aliphatic rings. The first-order valence-corrected chi connectivity index (χ1v) is 8.22. The van der Waals surface area contributed by atoms with Crippen molar-refractivity contribution in [3.05, 3.63) is 0 Å². The molecule has 2 N–H and O–H groups in total. The Labute approximate surface area is 132 Å². The topological polar surface area (TPSA) is 33.5 Å². The van der Waals surface area contributed by atoms with E-state index in [1.54, 1.807) is 0 Å². The van der Waals surface area contributed by atoms with Crippen molar-refractivity contribution in [1.82, 2.24) is 5.32 Å². The van der Waals surface area contributed by atoms with E-state index in [4.69, 9.17) is 0 Å². The SMILES string of the molecule is CCCCCCCCCCCCNC(=O)C[NH+](C)C.[Cl-]. The van der Waals surface area contributed by atoms with Crippen LogP contribution in [0.1, 0.15) is 71.1 Å². The molecule has 0 atom stereocenters. The highest BCUT2D eigenvalue weighted by Gasteiger charge is 2.03. The summed E-state index contributed by atoms with van der Waals surface area (Å²) in [5.74, 6) is 0.177. The number of amides is 1. The minimum Gasteiger partial charge on any atom is -1.00 e. The Kier molecular flexibility index (Phi) is 18.5. The second-order valence-electron chi connectivity index (χ2n) is 5.92. The van der Waals surface area contributed by atoms with Crippen LogP contribution in [0, 0.1) is 0 Å². The van der Waals surface area contributed by atoms with Gasteiger partial charge >= 0.3 is 0 Å². The Balaban J connectivity index is 0. The molecule has 1 amide bonds. The predicted octanol–water partition coefficient (Wildman–Crippen LogP) is -0.828. The fraction of sp³-hybridized carbons (Fsp3) is 0.938. The van der Waals surface area contributed by atoms with Crippen molar-refractivity contribution in [3.63, 3.8) is 0 Å². The number of nitrogens with one attached hydrogen (secondary N) is 2. The average molecular weight is 307 g/mol. The summed E-state index contributed by atoms with van der Waals surface area (Å²) in [5, 5.41) is 2.98. The lowest BCUT2D eigenvalue weighted by Gasteiger charge is -2.08. The Morgan fingerprint density at radius 1 is 0.850 bits per heavy atom. The fourth-order valence-corrected chi connectivity index (χ4v) is 2.22. The quantitative estimate of drug-likeness (QED) is 0.428. The number of hydrogen-bond acceptors (Lipinski definition) is 1. The van der Waals surface area contributed by atoms with Gasteiger partial charge in [-0.15, -0.1) is 0 Å². The molecule has 20 heavy (non-hydrogen) atoms. The minimum atomic E-state index is 0. The van der Waals surface area contributed by atoms with Gasteiger partial charge in [0.25, 0.3) is 5.91 Å². The van der Waals surface area contributed by atoms with Gasteiger partial charge in [-0.05, 0) is 6.42 Å². The van der Waals surface area contributed by atoms with Gasteiger partial charge in [0.2, 0.25) is 0 Å². The second-order valence-corrected chi connectivity index (χ2v) is 5.92. The molecular formula is C16H35ClN2O. The number of hydrogen-bond donors (Lipinski definition) is 2. The third kappa shape index (κ3) is 17.7. The van der Waals surface area contributed by atoms with E-state index in [2.05, 4.69) is 12.2 Å². The number of quaternary nitrogens is 1. The highest BCUT2D eigenvalue weighted by molar-refractivity contribution is 5.76. The van der Waals surface area contributed by atoms with Gasteiger partial charge in [-0.2, -0.15) is 0 Å². The standard InChI is InChI=1S/C16H34N2O.ClH/c1-4-5-6-7-8-9-10-11-12-13-14-17-16(19)15-18(2)3;/h4-15H2,1-3H3,(H,17,19);1H. The number of rotatable bonds is 13. The molecule has 0 radical (unpaired) electrons. The van der Waals surface area contributed by atoms with Gasteiger partial charge < -0.3 is 22.6 Å². The lowest BCUT2D eigenvalue weighted by Crippen LogP contribution is -3.07. The first-order valence-electron chi connectivity index (χ1n) is 8.22. The van der Waals surface area contributed by atoms with Crippen LogP contribution in [0.15, 0.2) is 0 Å². The molecule has 0 aromatic rings. The maximum absolute atomic E-state index is 11.4. The Hall–Kier alpha value is -0.280. The van der Waals surface area contributed by atoms with Crippen LogP contribution < -0.4 is 22.6 Å². The maximum atomic E-state index is 11.4. The summed E-state index contributed by atoms with van der Waals surface area (Å²) in [5.41, 5.74) is 0. The van der Waals surface area contributed by atoms with Crippen molar-refractivity contribution in [2.75, 3.05) is 27.2 Å². The number of likely N-dealkylation sites (N-methyl/N-ethyl adjacent to an activating group) is 1. The molecule has 0 unspecified atom stereocenters. The van der Waals surface area contributed by atoms with Crippen molar-refractivity contribution >= 4 is 5.91 Å². The molecule has 0 aliphatic heterocycles. The Morgan fingerprint density at radius 2 is 1.30 bits per heavy atom. The molecule has 0 heterocycles. The summed E-state index contributed by atoms with van der Waals surface area (Å²) in [6.07, 6.45) is 13.4. The third-order valence-electron chi connectivity index (χ3n) is 3.37. The van der Waals surface area contributed by atoms with E-state index in [0.29, 0.717) is 6.54 Å². The predicted molar refractivity (Wildman–Crippen MR) is 82.5 cm³/mol. The van der Waals surface area contributed by atoms with Crippen LogP contribution in [-0.4, -0.2) is 33.1 Å². The molecule has 3 nitrogen and oxygen atoms in total. The lowest BCUT2D eigenvalue weighted by atomic mass is 10.1. The summed E-state index contributed by atoms with van der Waals surface area (Å²) in [4.78, 5) is 12.6. The van der Waals surface area contributed by atoms with E-state index in [0.717, 1.165) is 13.0 Å². The monoisotopic (exact) mass is 306 g/mol. The van der Waals surface area contributed by atoms with Gasteiger partial charge in [0.05, 0.1) is 14.1 Å². The molecule has 122 valence electrons. The summed E-state index contributed by atoms with van der Waals surface area (Å²) in [6.45, 7) is 3.69. The molecule has 0 rings (SSSR count). The summed E-state index contributed by atoms with van der Waals surface area (Å²) in [7, 11) is 4.00. The van der Waals surface area contributed by atoms with Crippen LogP contribution in [0.25, 0.3) is 0 Å². The lowest BCUT2D eigenvalue weighted by molar-refractivity contribution is -0.849. The van der Waals surface area contributed by atoms with E-state index < -0.39 is 0 Å². The summed E-state index contributed by atoms with van der Waals surface area (Å²) < 4.78 is 0. The molecule has 0 saturated heterocycles. The van der Waals surface area contributed by atoms with Crippen LogP contribution in [-0.2, 0) is 4.79 Å². The van der Waals surface area contributed by atoms with Gasteiger partial charge in [-0.25, -0.2) is 0 Å². The smallest absolute Gasteiger partial charge is 0.275 e. The van der Waals surface area contributed by atoms with E-state index in [-0.39, 0.29) is 18.3 Å². The Bertz CT molecular complexity index is 211. The van der Waals surface area contributed by atoms with Crippen LogP contribution >= 0.6 is 0 Å². The first kappa shape index (κ1) is 22.0. The van der Waals surface area contributed by atoms with Crippen LogP contribution in [0.2, 0.25) is 0 Å². The van der Waals surface area contributed by atoms with Crippen molar-refractivity contribution in [3.8, 4) is 0 Å². The van der Waals surface area contributed by atoms with Crippen LogP contribution in [0.4, 0.5) is 0 Å². The first-order chi connectivity index (χ1) is 9.16.